The average Bonchev–Trinajstić information content (AvgIpc) is 0.797. The van der Waals surface area contributed by atoms with E-state index in [1.807, 2.05) is 254 Å². The summed E-state index contributed by atoms with van der Waals surface area (Å²) in [7, 11) is 0. The van der Waals surface area contributed by atoms with E-state index < -0.39 is 5.41 Å². The molecule has 17 rings (SSSR count). The fourth-order valence-corrected chi connectivity index (χ4v) is 13.8. The third kappa shape index (κ3) is 34.8. The molecular weight excluding hydrogens is 2350 g/mol. The summed E-state index contributed by atoms with van der Waals surface area (Å²) in [6.07, 6.45) is 9.91. The molecule has 0 aliphatic heterocycles. The number of aromatic nitrogens is 6. The van der Waals surface area contributed by atoms with E-state index in [1.54, 1.807) is 18.3 Å². The maximum atomic E-state index is 11.5. The van der Waals surface area contributed by atoms with Crippen molar-refractivity contribution in [2.24, 2.45) is 16.7 Å². The number of carbonyl (C=O) groups excluding carboxylic acids is 2. The molecule has 0 fully saturated rings. The summed E-state index contributed by atoms with van der Waals surface area (Å²) in [4.78, 5) is 49.8. The van der Waals surface area contributed by atoms with Crippen LogP contribution in [0.3, 0.4) is 0 Å². The van der Waals surface area contributed by atoms with Crippen molar-refractivity contribution >= 4 is 38.9 Å². The molecule has 0 spiro atoms. The van der Waals surface area contributed by atoms with E-state index in [2.05, 4.69) is 234 Å². The van der Waals surface area contributed by atoms with Gasteiger partial charge in [0.1, 0.15) is 11.5 Å². The fourth-order valence-electron chi connectivity index (χ4n) is 13.8. The Kier molecular flexibility index (Phi) is 45.1. The van der Waals surface area contributed by atoms with Gasteiger partial charge in [0.25, 0.3) is 0 Å². The molecule has 0 saturated heterocycles. The Labute approximate surface area is 842 Å². The molecule has 6 aromatic heterocycles. The van der Waals surface area contributed by atoms with Gasteiger partial charge in [-0.1, -0.05) is 265 Å². The van der Waals surface area contributed by atoms with Crippen LogP contribution in [0.4, 0.5) is 0 Å². The number of aliphatic hydroxyl groups is 2. The van der Waals surface area contributed by atoms with Crippen LogP contribution in [-0.2, 0) is 96.4 Å². The molecule has 6 heterocycles. The number of pyridine rings is 6. The molecule has 0 saturated carbocycles. The van der Waals surface area contributed by atoms with E-state index in [0.717, 1.165) is 102 Å². The predicted octanol–water partition coefficient (Wildman–Crippen LogP) is 29.9. The zero-order valence-corrected chi connectivity index (χ0v) is 88.1. The van der Waals surface area contributed by atoms with E-state index in [9.17, 15) is 19.8 Å². The summed E-state index contributed by atoms with van der Waals surface area (Å²) in [6.45, 7) is 33.3. The van der Waals surface area contributed by atoms with Gasteiger partial charge in [-0.05, 0) is 144 Å². The monoisotopic (exact) mass is 2460 g/mol. The van der Waals surface area contributed by atoms with Crippen LogP contribution in [-0.4, -0.2) is 51.7 Å². The summed E-state index contributed by atoms with van der Waals surface area (Å²) in [5.41, 5.74) is 29.4. The summed E-state index contributed by atoms with van der Waals surface area (Å²) in [6, 6.07) is 127. The van der Waals surface area contributed by atoms with Gasteiger partial charge in [-0.25, -0.2) is 0 Å². The van der Waals surface area contributed by atoms with Crippen molar-refractivity contribution in [2.75, 3.05) is 0 Å². The van der Waals surface area contributed by atoms with Crippen LogP contribution in [0, 0.1) is 102 Å². The number of para-hydroxylation sites is 2. The zero-order chi connectivity index (χ0) is 92.4. The Morgan fingerprint density at radius 1 is 0.376 bits per heavy atom. The average molecular weight is 2460 g/mol. The standard InChI is InChI=1S/C21H22N.2C18H14N.C17H14N.C12H10N.C11H8N.C11H12O2.C11H20O2.4Ir/c1-14(2)9-17-13-21(18-11-15(3)10-16(4)12-18)22-20-8-6-5-7-19(17)20;2*1-14-12-18(16-10-6-3-7-11-16)19-13-17(14)15-8-4-2-5-9-15;1-12-9-13(2)11-15(10-12)17-8-7-14-5-3-4-6-16(14)18-17;1-10-7-8-13-12(9-10)11-5-3-2-4-6-11;1-2-6-10(7-3-1)11-8-4-5-9-12-11;1-8(12)11(9(2)13)10-6-4-3-5-7-10;1-10(2,3)8(12)7-9(13)11(4,5)6;;;;/h5-8,10-11,13-14H,9H2,1-4H3;2*2-10,12-13H,1H3;3-10H,1-2H3;2-5,7-9H,1H3;1-6,8-9H;3-7,12H,1-2H3;7,12H,1-6H3;;;;/q6*-1;;;;;;. The first kappa shape index (κ1) is 110. The normalized spacial score (nSPS) is 10.7. The molecule has 0 unspecified atom stereocenters. The Bertz CT molecular complexity index is 6330. The number of rotatable bonds is 13. The second kappa shape index (κ2) is 54.8. The molecule has 10 nitrogen and oxygen atoms in total. The molecule has 0 aliphatic carbocycles. The van der Waals surface area contributed by atoms with Gasteiger partial charge in [0.2, 0.25) is 0 Å². The van der Waals surface area contributed by atoms with Crippen molar-refractivity contribution in [3.63, 3.8) is 0 Å². The molecule has 0 amide bonds. The Morgan fingerprint density at radius 2 is 0.797 bits per heavy atom. The van der Waals surface area contributed by atoms with Gasteiger partial charge >= 0.3 is 0 Å². The zero-order valence-electron chi connectivity index (χ0n) is 78.5. The maximum Gasteiger partial charge on any atom is 0.164 e. The molecule has 11 aromatic carbocycles. The molecule has 2 N–H and O–H groups in total. The van der Waals surface area contributed by atoms with Crippen molar-refractivity contribution in [3.05, 3.63) is 450 Å². The van der Waals surface area contributed by atoms with Gasteiger partial charge in [0, 0.05) is 139 Å². The first-order chi connectivity index (χ1) is 61.9. The quantitative estimate of drug-likeness (QED) is 0.0648. The third-order valence-electron chi connectivity index (χ3n) is 20.3. The second-order valence-corrected chi connectivity index (χ2v) is 34.0. The smallest absolute Gasteiger partial charge is 0.164 e. The maximum absolute atomic E-state index is 11.5. The second-order valence-electron chi connectivity index (χ2n) is 34.0. The predicted molar refractivity (Wildman–Crippen MR) is 536 cm³/mol. The van der Waals surface area contributed by atoms with Crippen LogP contribution in [0.2, 0.25) is 0 Å². The largest absolute Gasteiger partial charge is 0.512 e. The van der Waals surface area contributed by atoms with E-state index in [-0.39, 0.29) is 109 Å². The Morgan fingerprint density at radius 3 is 1.22 bits per heavy atom. The van der Waals surface area contributed by atoms with Gasteiger partial charge in [-0.3, -0.25) is 19.6 Å². The van der Waals surface area contributed by atoms with Crippen LogP contribution in [0.5, 0.6) is 0 Å². The minimum atomic E-state index is -0.417. The van der Waals surface area contributed by atoms with Crippen LogP contribution in [0.15, 0.2) is 364 Å². The van der Waals surface area contributed by atoms with Gasteiger partial charge in [-0.2, -0.15) is 0 Å². The number of fused-ring (bicyclic) bond motifs is 2. The minimum absolute atomic E-state index is 0. The number of benzene rings is 11. The van der Waals surface area contributed by atoms with Gasteiger partial charge in [-0.15, -0.1) is 213 Å². The summed E-state index contributed by atoms with van der Waals surface area (Å²) in [5.74, 6) is 0.680. The van der Waals surface area contributed by atoms with Gasteiger partial charge < -0.3 is 30.1 Å². The van der Waals surface area contributed by atoms with Crippen molar-refractivity contribution in [3.8, 4) is 89.8 Å². The number of ketones is 2. The number of Topliss-reactive ketones (excluding diaryl/α,β-unsaturated/α-hetero) is 1. The third-order valence-corrected chi connectivity index (χ3v) is 20.3. The number of allylic oxidation sites excluding steroid dienone is 4. The molecule has 0 atom stereocenters. The van der Waals surface area contributed by atoms with Gasteiger partial charge in [0.05, 0.1) is 16.6 Å². The first-order valence-electron chi connectivity index (χ1n) is 43.4. The van der Waals surface area contributed by atoms with E-state index >= 15 is 0 Å². The van der Waals surface area contributed by atoms with Crippen LogP contribution in [0.1, 0.15) is 119 Å². The molecule has 17 aromatic rings. The van der Waals surface area contributed by atoms with Crippen molar-refractivity contribution < 1.29 is 100 Å². The van der Waals surface area contributed by atoms with Crippen LogP contribution >= 0.6 is 0 Å². The molecule has 4 radical (unpaired) electrons. The van der Waals surface area contributed by atoms with Crippen LogP contribution in [0.25, 0.3) is 117 Å². The number of aryl methyl sites for hydroxylation is 7. The van der Waals surface area contributed by atoms with E-state index in [0.29, 0.717) is 11.5 Å². The number of aliphatic hydroxyl groups excluding tert-OH is 2. The van der Waals surface area contributed by atoms with E-state index in [1.165, 1.54) is 86.3 Å². The summed E-state index contributed by atoms with van der Waals surface area (Å²) in [5, 5.41) is 21.3. The molecule has 686 valence electrons. The van der Waals surface area contributed by atoms with Crippen molar-refractivity contribution in [1.82, 2.24) is 29.9 Å². The minimum Gasteiger partial charge on any atom is -0.512 e. The van der Waals surface area contributed by atoms with E-state index in [4.69, 9.17) is 9.97 Å². The molecule has 0 aliphatic rings. The number of nitrogens with zero attached hydrogens (tertiary/aromatic N) is 6. The SMILES string of the molecule is CC(=O)C(=C(C)O)c1ccccc1.CC(C)(C)C(=O)C=C(O)C(C)(C)C.Cc1[c-]c(-c2cc(CC(C)C)c3ccccc3n2)cc(C)c1.Cc1[c-]c(-c2ccc3ccccc3n2)cc(C)c1.Cc1cc(-c2[c-]cccc2)ncc1-c1ccccc1.Cc1cc(-c2[c-]cccc2)ncc1-c1ccccc1.Cc1ccnc(-c2[c-]cccc2)c1.[Ir].[Ir].[Ir].[Ir].[c-]1ccccc1-c1ccccn1. The number of hydrogen-bond acceptors (Lipinski definition) is 10. The first-order valence-corrected chi connectivity index (χ1v) is 43.4. The molecule has 14 heteroatoms. The van der Waals surface area contributed by atoms with Gasteiger partial charge in [0.15, 0.2) is 11.6 Å². The number of hydrogen-bond donors (Lipinski definition) is 2. The van der Waals surface area contributed by atoms with Crippen molar-refractivity contribution in [1.29, 1.82) is 0 Å². The Hall–Kier alpha value is -12.1. The van der Waals surface area contributed by atoms with Crippen LogP contribution < -0.4 is 0 Å². The summed E-state index contributed by atoms with van der Waals surface area (Å²) < 4.78 is 0. The van der Waals surface area contributed by atoms with Crippen molar-refractivity contribution in [2.45, 2.75) is 124 Å². The number of carbonyl (C=O) groups is 2. The topological polar surface area (TPSA) is 152 Å². The molecular formula is C119H114Ir4N6O4-6. The Balaban J connectivity index is 0.000000235. The summed E-state index contributed by atoms with van der Waals surface area (Å²) >= 11 is 0. The fraction of sp³-hybridized carbons (Fsp3) is 0.176. The molecule has 0 bridgehead atoms. The molecule has 133 heavy (non-hydrogen) atoms.